The number of amides is 1. The Morgan fingerprint density at radius 1 is 1.08 bits per heavy atom. The first-order valence-corrected chi connectivity index (χ1v) is 12.6. The van der Waals surface area contributed by atoms with Crippen molar-refractivity contribution >= 4 is 39.2 Å². The van der Waals surface area contributed by atoms with Gasteiger partial charge in [0.05, 0.1) is 22.8 Å². The maximum Gasteiger partial charge on any atom is 0.490 e. The Kier molecular flexibility index (Phi) is 9.93. The first kappa shape index (κ1) is 30.2. The summed E-state index contributed by atoms with van der Waals surface area (Å²) in [6.45, 7) is 3.28. The van der Waals surface area contributed by atoms with Crippen LogP contribution in [0.25, 0.3) is 0 Å². The summed E-state index contributed by atoms with van der Waals surface area (Å²) in [5, 5.41) is 16.8. The number of rotatable bonds is 8. The Bertz CT molecular complexity index is 1260. The molecule has 2 aromatic carbocycles. The van der Waals surface area contributed by atoms with E-state index in [1.54, 1.807) is 18.2 Å². The number of carboxylic acid groups (broad SMARTS) is 2. The summed E-state index contributed by atoms with van der Waals surface area (Å²) in [6.07, 6.45) is -4.00. The van der Waals surface area contributed by atoms with Gasteiger partial charge in [0.25, 0.3) is 10.0 Å². The first-order chi connectivity index (χ1) is 17.7. The van der Waals surface area contributed by atoms with Gasteiger partial charge in [-0.3, -0.25) is 9.52 Å². The Morgan fingerprint density at radius 3 is 2.08 bits per heavy atom. The van der Waals surface area contributed by atoms with Crippen LogP contribution in [0.5, 0.6) is 5.75 Å². The molecule has 0 aromatic heterocycles. The van der Waals surface area contributed by atoms with Gasteiger partial charge in [-0.1, -0.05) is 0 Å². The summed E-state index contributed by atoms with van der Waals surface area (Å²) in [7, 11) is -3.91. The van der Waals surface area contributed by atoms with E-state index in [2.05, 4.69) is 4.72 Å². The molecule has 0 unspecified atom stereocenters. The maximum atomic E-state index is 12.7. The number of carboxylic acids is 2. The number of ether oxygens (including phenoxy) is 1. The molecule has 5 N–H and O–H groups in total. The second kappa shape index (κ2) is 12.5. The zero-order valence-electron chi connectivity index (χ0n) is 20.1. The van der Waals surface area contributed by atoms with Crippen molar-refractivity contribution in [3.8, 4) is 5.75 Å². The molecule has 0 radical (unpaired) electrons. The Labute approximate surface area is 216 Å². The van der Waals surface area contributed by atoms with Gasteiger partial charge in [-0.25, -0.2) is 18.0 Å². The smallest absolute Gasteiger partial charge is 0.490 e. The molecule has 0 atom stereocenters. The molecule has 0 bridgehead atoms. The van der Waals surface area contributed by atoms with Crippen LogP contribution in [0, 0.1) is 5.92 Å². The molecule has 1 amide bonds. The maximum absolute atomic E-state index is 12.7. The van der Waals surface area contributed by atoms with Crippen molar-refractivity contribution in [2.45, 2.75) is 30.8 Å². The number of sulfonamides is 1. The molecule has 0 aliphatic carbocycles. The molecule has 38 heavy (non-hydrogen) atoms. The summed E-state index contributed by atoms with van der Waals surface area (Å²) in [6, 6.07) is 10.3. The predicted molar refractivity (Wildman–Crippen MR) is 130 cm³/mol. The number of hydrogen-bond donors (Lipinski definition) is 4. The average molecular weight is 562 g/mol. The number of carbonyl (C=O) groups excluding carboxylic acids is 1. The van der Waals surface area contributed by atoms with Crippen molar-refractivity contribution in [1.82, 2.24) is 0 Å². The number of hydrogen-bond acceptors (Lipinski definition) is 7. The predicted octanol–water partition coefficient (Wildman–Crippen LogP) is 2.92. The van der Waals surface area contributed by atoms with E-state index < -0.39 is 28.1 Å². The molecule has 1 aliphatic rings. The highest BCUT2D eigenvalue weighted by Crippen LogP contribution is 2.30. The van der Waals surface area contributed by atoms with Crippen LogP contribution in [0.4, 0.5) is 24.5 Å². The number of nitrogens with two attached hydrogens (primary N) is 1. The average Bonchev–Trinajstić information content (AvgIpc) is 2.84. The summed E-state index contributed by atoms with van der Waals surface area (Å²) in [5.41, 5.74) is 5.94. The minimum absolute atomic E-state index is 0.0237. The van der Waals surface area contributed by atoms with E-state index in [0.29, 0.717) is 44.0 Å². The zero-order valence-corrected chi connectivity index (χ0v) is 20.9. The lowest BCUT2D eigenvalue weighted by atomic mass is 9.95. The van der Waals surface area contributed by atoms with Crippen molar-refractivity contribution < 1.29 is 50.9 Å². The number of carbonyl (C=O) groups is 3. The van der Waals surface area contributed by atoms with Crippen molar-refractivity contribution in [2.24, 2.45) is 11.7 Å². The minimum atomic E-state index is -5.08. The Hall–Kier alpha value is -4.01. The molecule has 1 saturated heterocycles. The monoisotopic (exact) mass is 561 g/mol. The van der Waals surface area contributed by atoms with Gasteiger partial charge in [0.1, 0.15) is 5.75 Å². The molecule has 1 fully saturated rings. The van der Waals surface area contributed by atoms with Gasteiger partial charge in [0.15, 0.2) is 0 Å². The van der Waals surface area contributed by atoms with Crippen molar-refractivity contribution in [1.29, 1.82) is 0 Å². The molecule has 11 nitrogen and oxygen atoms in total. The number of nitrogens with one attached hydrogen (secondary N) is 1. The van der Waals surface area contributed by atoms with Crippen LogP contribution in [0.1, 0.15) is 30.1 Å². The fourth-order valence-electron chi connectivity index (χ4n) is 3.55. The molecule has 3 rings (SSSR count). The van der Waals surface area contributed by atoms with E-state index in [1.165, 1.54) is 24.3 Å². The number of alkyl halides is 3. The van der Waals surface area contributed by atoms with Gasteiger partial charge in [0.2, 0.25) is 5.91 Å². The van der Waals surface area contributed by atoms with Crippen LogP contribution in [0.15, 0.2) is 47.4 Å². The second-order valence-electron chi connectivity index (χ2n) is 8.01. The van der Waals surface area contributed by atoms with E-state index in [1.807, 2.05) is 11.8 Å². The standard InChI is InChI=1S/C21H25N3O6S.C2HF3O2/c1-2-30-16-4-6-17(7-5-16)31(28,29)23-15-3-8-19(18(13-15)21(26)27)24-11-9-14(10-12-24)20(22)25;3-2(4,5)1(6)7/h3-8,13-14,23H,2,9-12H2,1H3,(H2,22,25)(H,26,27);(H,6,7). The molecule has 15 heteroatoms. The summed E-state index contributed by atoms with van der Waals surface area (Å²) in [5.74, 6) is -3.94. The minimum Gasteiger partial charge on any atom is -0.494 e. The molecule has 0 saturated carbocycles. The van der Waals surface area contributed by atoms with E-state index in [4.69, 9.17) is 20.4 Å². The normalized spacial score (nSPS) is 14.2. The van der Waals surface area contributed by atoms with Crippen molar-refractivity contribution in [3.63, 3.8) is 0 Å². The molecule has 208 valence electrons. The third-order valence-electron chi connectivity index (χ3n) is 5.40. The van der Waals surface area contributed by atoms with Gasteiger partial charge >= 0.3 is 18.1 Å². The summed E-state index contributed by atoms with van der Waals surface area (Å²) in [4.78, 5) is 34.0. The lowest BCUT2D eigenvalue weighted by Crippen LogP contribution is -2.39. The van der Waals surface area contributed by atoms with E-state index in [0.717, 1.165) is 0 Å². The number of piperidine rings is 1. The number of benzene rings is 2. The molecule has 0 spiro atoms. The third-order valence-corrected chi connectivity index (χ3v) is 6.80. The van der Waals surface area contributed by atoms with Crippen LogP contribution in [0.3, 0.4) is 0 Å². The quantitative estimate of drug-likeness (QED) is 0.377. The lowest BCUT2D eigenvalue weighted by Gasteiger charge is -2.33. The highest BCUT2D eigenvalue weighted by Gasteiger charge is 2.38. The molecule has 1 heterocycles. The fraction of sp³-hybridized carbons (Fsp3) is 0.348. The lowest BCUT2D eigenvalue weighted by molar-refractivity contribution is -0.192. The number of aromatic carboxylic acids is 1. The number of halogens is 3. The number of anilines is 2. The topological polar surface area (TPSA) is 176 Å². The molecule has 2 aromatic rings. The zero-order chi connectivity index (χ0) is 28.7. The van der Waals surface area contributed by atoms with Gasteiger partial charge in [-0.05, 0) is 62.2 Å². The van der Waals surface area contributed by atoms with Gasteiger partial charge < -0.3 is 25.6 Å². The van der Waals surface area contributed by atoms with Crippen molar-refractivity contribution in [2.75, 3.05) is 29.3 Å². The SMILES string of the molecule is CCOc1ccc(S(=O)(=O)Nc2ccc(N3CCC(C(N)=O)CC3)c(C(=O)O)c2)cc1.O=C(O)C(F)(F)F. The Morgan fingerprint density at radius 2 is 1.63 bits per heavy atom. The summed E-state index contributed by atoms with van der Waals surface area (Å²) >= 11 is 0. The fourth-order valence-corrected chi connectivity index (χ4v) is 4.60. The van der Waals surface area contributed by atoms with E-state index >= 15 is 0 Å². The number of nitrogens with zero attached hydrogens (tertiary/aromatic N) is 1. The molecule has 1 aliphatic heterocycles. The van der Waals surface area contributed by atoms with Gasteiger partial charge in [-0.2, -0.15) is 13.2 Å². The molecular weight excluding hydrogens is 535 g/mol. The van der Waals surface area contributed by atoms with Crippen LogP contribution >= 0.6 is 0 Å². The largest absolute Gasteiger partial charge is 0.494 e. The first-order valence-electron chi connectivity index (χ1n) is 11.1. The van der Waals surface area contributed by atoms with E-state index in [-0.39, 0.29) is 28.0 Å². The van der Waals surface area contributed by atoms with Crippen LogP contribution < -0.4 is 20.1 Å². The molecular formula is C23H26F3N3O8S. The van der Waals surface area contributed by atoms with Crippen molar-refractivity contribution in [3.05, 3.63) is 48.0 Å². The number of primary amides is 1. The van der Waals surface area contributed by atoms with Crippen LogP contribution in [-0.4, -0.2) is 62.3 Å². The summed E-state index contributed by atoms with van der Waals surface area (Å²) < 4.78 is 64.8. The number of aliphatic carboxylic acids is 1. The van der Waals surface area contributed by atoms with Gasteiger partial charge in [-0.15, -0.1) is 0 Å². The van der Waals surface area contributed by atoms with Crippen LogP contribution in [-0.2, 0) is 19.6 Å². The van der Waals surface area contributed by atoms with E-state index in [9.17, 15) is 36.3 Å². The highest BCUT2D eigenvalue weighted by atomic mass is 32.2. The third kappa shape index (κ3) is 8.26. The van der Waals surface area contributed by atoms with Gasteiger partial charge in [0, 0.05) is 24.7 Å². The second-order valence-corrected chi connectivity index (χ2v) is 9.70. The Balaban J connectivity index is 0.000000638. The highest BCUT2D eigenvalue weighted by molar-refractivity contribution is 7.92. The van der Waals surface area contributed by atoms with Crippen LogP contribution in [0.2, 0.25) is 0 Å².